The normalized spacial score (nSPS) is 8.60. The molecule has 0 bridgehead atoms. The molecule has 0 aliphatic heterocycles. The Morgan fingerprint density at radius 3 is 1.80 bits per heavy atom. The molecule has 0 aromatic rings. The van der Waals surface area contributed by atoms with Gasteiger partial charge in [-0.2, -0.15) is 0 Å². The molecule has 4 heteroatoms. The summed E-state index contributed by atoms with van der Waals surface area (Å²) in [7, 11) is 0. The minimum absolute atomic E-state index is 1.10. The van der Waals surface area contributed by atoms with Crippen molar-refractivity contribution in [1.82, 2.24) is 0 Å². The van der Waals surface area contributed by atoms with E-state index in [-0.39, 0.29) is 0 Å². The van der Waals surface area contributed by atoms with Crippen LogP contribution < -0.4 is 0 Å². The summed E-state index contributed by atoms with van der Waals surface area (Å²) in [5, 5.41) is 2.17. The van der Waals surface area contributed by atoms with E-state index in [1.165, 1.54) is 0 Å². The van der Waals surface area contributed by atoms with Crippen molar-refractivity contribution in [1.29, 1.82) is 0 Å². The third-order valence-corrected chi connectivity index (χ3v) is 0.239. The number of hydrogen-bond donors (Lipinski definition) is 0. The van der Waals surface area contributed by atoms with E-state index < -0.39 is 4.96 Å². The summed E-state index contributed by atoms with van der Waals surface area (Å²) in [5.41, 5.74) is 0. The van der Waals surface area contributed by atoms with Gasteiger partial charge in [0.15, 0.2) is 0 Å². The highest BCUT2D eigenvalue weighted by molar-refractivity contribution is 6.44. The molecular formula is CHCl2NO. The van der Waals surface area contributed by atoms with Gasteiger partial charge in [-0.3, -0.25) is 0 Å². The minimum atomic E-state index is -1.10. The SMILES string of the molecule is O=NC(Cl)Cl. The molecule has 0 aliphatic carbocycles. The molecule has 0 atom stereocenters. The van der Waals surface area contributed by atoms with Crippen molar-refractivity contribution in [2.75, 3.05) is 0 Å². The second kappa shape index (κ2) is 2.42. The van der Waals surface area contributed by atoms with E-state index in [4.69, 9.17) is 28.1 Å². The number of alkyl halides is 2. The van der Waals surface area contributed by atoms with Crippen LogP contribution in [0, 0.1) is 4.91 Å². The number of halogens is 2. The van der Waals surface area contributed by atoms with Gasteiger partial charge in [-0.25, -0.2) is 0 Å². The second-order valence-electron chi connectivity index (χ2n) is 0.383. The lowest BCUT2D eigenvalue weighted by atomic mass is 11.5. The Morgan fingerprint density at radius 2 is 1.80 bits per heavy atom. The predicted octanol–water partition coefficient (Wildman–Crippen LogP) is 1.51. The topological polar surface area (TPSA) is 29.4 Å². The van der Waals surface area contributed by atoms with Gasteiger partial charge in [0.25, 0.3) is 0 Å². The molecule has 0 saturated carbocycles. The summed E-state index contributed by atoms with van der Waals surface area (Å²) in [6.07, 6.45) is 0. The number of nitrogens with zero attached hydrogens (tertiary/aromatic N) is 1. The summed E-state index contributed by atoms with van der Waals surface area (Å²) < 4.78 is 0. The van der Waals surface area contributed by atoms with Crippen LogP contribution in [0.1, 0.15) is 0 Å². The summed E-state index contributed by atoms with van der Waals surface area (Å²) in [6.45, 7) is 0. The molecule has 0 amide bonds. The zero-order chi connectivity index (χ0) is 4.28. The molecule has 0 radical (unpaired) electrons. The average molecular weight is 114 g/mol. The summed E-state index contributed by atoms with van der Waals surface area (Å²) >= 11 is 9.50. The molecule has 2 nitrogen and oxygen atoms in total. The van der Waals surface area contributed by atoms with Gasteiger partial charge in [-0.1, -0.05) is 23.2 Å². The van der Waals surface area contributed by atoms with Gasteiger partial charge in [0.1, 0.15) is 0 Å². The zero-order valence-electron chi connectivity index (χ0n) is 2.19. The Morgan fingerprint density at radius 1 is 1.60 bits per heavy atom. The molecule has 0 rings (SSSR count). The number of hydrogen-bond acceptors (Lipinski definition) is 2. The smallest absolute Gasteiger partial charge is 0.148 e. The lowest BCUT2D eigenvalue weighted by Gasteiger charge is -1.71. The lowest BCUT2D eigenvalue weighted by Crippen LogP contribution is -1.68. The van der Waals surface area contributed by atoms with Crippen molar-refractivity contribution >= 4 is 23.2 Å². The molecule has 0 spiro atoms. The molecular weight excluding hydrogens is 113 g/mol. The quantitative estimate of drug-likeness (QED) is 0.288. The Kier molecular flexibility index (Phi) is 2.51. The maximum absolute atomic E-state index is 8.99. The predicted molar refractivity (Wildman–Crippen MR) is 21.3 cm³/mol. The largest absolute Gasteiger partial charge is 0.238 e. The van der Waals surface area contributed by atoms with Crippen LogP contribution in [0.15, 0.2) is 5.18 Å². The van der Waals surface area contributed by atoms with Gasteiger partial charge >= 0.3 is 0 Å². The lowest BCUT2D eigenvalue weighted by molar-refractivity contribution is 1.24. The first-order valence-electron chi connectivity index (χ1n) is 0.877. The highest BCUT2D eigenvalue weighted by Crippen LogP contribution is 1.99. The maximum atomic E-state index is 8.99. The van der Waals surface area contributed by atoms with Crippen molar-refractivity contribution < 1.29 is 0 Å². The van der Waals surface area contributed by atoms with Crippen LogP contribution in [0.4, 0.5) is 0 Å². The third-order valence-electron chi connectivity index (χ3n) is 0.0797. The molecule has 0 aromatic heterocycles. The summed E-state index contributed by atoms with van der Waals surface area (Å²) in [5.74, 6) is 0. The summed E-state index contributed by atoms with van der Waals surface area (Å²) in [4.78, 5) is 7.89. The monoisotopic (exact) mass is 113 g/mol. The van der Waals surface area contributed by atoms with Crippen molar-refractivity contribution in [2.24, 2.45) is 5.18 Å². The number of nitroso groups, excluding NO2 is 1. The first kappa shape index (κ1) is 5.18. The van der Waals surface area contributed by atoms with E-state index in [0.29, 0.717) is 0 Å². The van der Waals surface area contributed by atoms with Gasteiger partial charge in [0.2, 0.25) is 4.96 Å². The molecule has 0 N–H and O–H groups in total. The van der Waals surface area contributed by atoms with Gasteiger partial charge in [0.05, 0.1) is 0 Å². The molecule has 5 heavy (non-hydrogen) atoms. The Bertz CT molecular complexity index is 36.6. The standard InChI is InChI=1S/CHCl2NO/c2-1(3)4-5/h1H. The fourth-order valence-electron chi connectivity index (χ4n) is 0. The van der Waals surface area contributed by atoms with E-state index in [1.807, 2.05) is 0 Å². The molecule has 0 aliphatic rings. The van der Waals surface area contributed by atoms with Crippen LogP contribution in [0.25, 0.3) is 0 Å². The van der Waals surface area contributed by atoms with Crippen LogP contribution >= 0.6 is 23.2 Å². The maximum Gasteiger partial charge on any atom is 0.238 e. The van der Waals surface area contributed by atoms with Gasteiger partial charge in [-0.05, 0) is 5.18 Å². The minimum Gasteiger partial charge on any atom is -0.148 e. The van der Waals surface area contributed by atoms with E-state index >= 15 is 0 Å². The van der Waals surface area contributed by atoms with Crippen molar-refractivity contribution in [3.8, 4) is 0 Å². The fourth-order valence-corrected chi connectivity index (χ4v) is 0. The molecule has 30 valence electrons. The molecule has 0 aromatic carbocycles. The van der Waals surface area contributed by atoms with Crippen molar-refractivity contribution in [3.63, 3.8) is 0 Å². The average Bonchev–Trinajstić information content (AvgIpc) is 1.38. The third kappa shape index (κ3) is 4.18. The van der Waals surface area contributed by atoms with Gasteiger partial charge in [-0.15, -0.1) is 4.91 Å². The van der Waals surface area contributed by atoms with Crippen molar-refractivity contribution in [3.05, 3.63) is 4.91 Å². The van der Waals surface area contributed by atoms with Crippen LogP contribution in [-0.2, 0) is 0 Å². The highest BCUT2D eigenvalue weighted by Gasteiger charge is 1.87. The van der Waals surface area contributed by atoms with Crippen LogP contribution in [-0.4, -0.2) is 4.96 Å². The molecule has 0 fully saturated rings. The van der Waals surface area contributed by atoms with Crippen LogP contribution in [0.5, 0.6) is 0 Å². The first-order chi connectivity index (χ1) is 2.27. The summed E-state index contributed by atoms with van der Waals surface area (Å²) in [6, 6.07) is 0. The first-order valence-corrected chi connectivity index (χ1v) is 1.75. The van der Waals surface area contributed by atoms with Crippen molar-refractivity contribution in [2.45, 2.75) is 4.96 Å². The van der Waals surface area contributed by atoms with Gasteiger partial charge < -0.3 is 0 Å². The Labute approximate surface area is 39.0 Å². The molecule has 0 heterocycles. The van der Waals surface area contributed by atoms with Crippen LogP contribution in [0.2, 0.25) is 0 Å². The van der Waals surface area contributed by atoms with Crippen LogP contribution in [0.3, 0.4) is 0 Å². The molecule has 0 saturated heterocycles. The Hall–Kier alpha value is 0.180. The van der Waals surface area contributed by atoms with E-state index in [0.717, 1.165) is 0 Å². The molecule has 0 unspecified atom stereocenters. The fraction of sp³-hybridized carbons (Fsp3) is 1.00. The van der Waals surface area contributed by atoms with E-state index in [2.05, 4.69) is 5.18 Å². The zero-order valence-corrected chi connectivity index (χ0v) is 3.70. The van der Waals surface area contributed by atoms with E-state index in [9.17, 15) is 0 Å². The Balaban J connectivity index is 2.83. The van der Waals surface area contributed by atoms with Gasteiger partial charge in [0, 0.05) is 0 Å². The number of rotatable bonds is 1. The highest BCUT2D eigenvalue weighted by atomic mass is 35.5. The second-order valence-corrected chi connectivity index (χ2v) is 1.43. The van der Waals surface area contributed by atoms with E-state index in [1.54, 1.807) is 0 Å².